The number of rotatable bonds is 6. The molecule has 34 heavy (non-hydrogen) atoms. The van der Waals surface area contributed by atoms with Gasteiger partial charge in [-0.15, -0.1) is 0 Å². The lowest BCUT2D eigenvalue weighted by Crippen LogP contribution is -2.44. The molecular weight excluding hydrogens is 443 g/mol. The van der Waals surface area contributed by atoms with E-state index >= 15 is 0 Å². The van der Waals surface area contributed by atoms with Crippen LogP contribution in [-0.2, 0) is 19.3 Å². The average Bonchev–Trinajstić information content (AvgIpc) is 3.20. The number of amides is 1. The zero-order valence-corrected chi connectivity index (χ0v) is 19.3. The molecule has 1 aliphatic heterocycles. The van der Waals surface area contributed by atoms with Gasteiger partial charge >= 0.3 is 6.18 Å². The number of alkyl halides is 3. The smallest absolute Gasteiger partial charge is 0.348 e. The molecule has 1 aliphatic rings. The Labute approximate surface area is 197 Å². The zero-order chi connectivity index (χ0) is 24.3. The number of piperazine rings is 1. The summed E-state index contributed by atoms with van der Waals surface area (Å²) in [6.45, 7) is 6.94. The maximum Gasteiger partial charge on any atom is 0.416 e. The van der Waals surface area contributed by atoms with Gasteiger partial charge in [-0.25, -0.2) is 4.68 Å². The fourth-order valence-corrected chi connectivity index (χ4v) is 4.11. The van der Waals surface area contributed by atoms with Gasteiger partial charge in [0.1, 0.15) is 0 Å². The number of likely N-dealkylation sites (N-methyl/N-ethyl adjacent to an activating group) is 1. The van der Waals surface area contributed by atoms with Gasteiger partial charge < -0.3 is 10.2 Å². The van der Waals surface area contributed by atoms with E-state index in [-0.39, 0.29) is 11.6 Å². The first-order valence-electron chi connectivity index (χ1n) is 11.2. The molecule has 0 saturated carbocycles. The average molecular weight is 472 g/mol. The predicted molar refractivity (Wildman–Crippen MR) is 124 cm³/mol. The first-order valence-corrected chi connectivity index (χ1v) is 11.2. The molecule has 0 radical (unpaired) electrons. The molecule has 1 saturated heterocycles. The number of hydrogen-bond donors (Lipinski definition) is 1. The Morgan fingerprint density at radius 1 is 1.03 bits per heavy atom. The van der Waals surface area contributed by atoms with Gasteiger partial charge in [0.2, 0.25) is 0 Å². The molecule has 3 aromatic rings. The third kappa shape index (κ3) is 5.48. The third-order valence-corrected chi connectivity index (χ3v) is 6.22. The number of aromatic nitrogens is 2. The van der Waals surface area contributed by atoms with Crippen molar-refractivity contribution in [3.8, 4) is 5.69 Å². The molecule has 0 bridgehead atoms. The minimum absolute atomic E-state index is 0.254. The maximum absolute atomic E-state index is 13.1. The molecule has 2 heterocycles. The highest BCUT2D eigenvalue weighted by atomic mass is 19.4. The van der Waals surface area contributed by atoms with Gasteiger partial charge in [-0.05, 0) is 43.3 Å². The topological polar surface area (TPSA) is 53.4 Å². The second kappa shape index (κ2) is 9.99. The van der Waals surface area contributed by atoms with Crippen molar-refractivity contribution in [2.24, 2.45) is 0 Å². The number of carbonyl (C=O) groups excluding carboxylic acids is 1. The van der Waals surface area contributed by atoms with Crippen molar-refractivity contribution in [1.29, 1.82) is 0 Å². The van der Waals surface area contributed by atoms with Crippen LogP contribution in [0.25, 0.3) is 5.69 Å². The highest BCUT2D eigenvalue weighted by molar-refractivity contribution is 5.95. The normalized spacial score (nSPS) is 15.4. The number of hydrogen-bond acceptors (Lipinski definition) is 4. The molecule has 1 N–H and O–H groups in total. The lowest BCUT2D eigenvalue weighted by molar-refractivity contribution is -0.137. The summed E-state index contributed by atoms with van der Waals surface area (Å²) in [6, 6.07) is 12.9. The Morgan fingerprint density at radius 3 is 2.44 bits per heavy atom. The van der Waals surface area contributed by atoms with E-state index in [1.54, 1.807) is 6.92 Å². The Hall–Kier alpha value is -3.17. The van der Waals surface area contributed by atoms with Crippen molar-refractivity contribution >= 4 is 5.91 Å². The Bertz CT molecular complexity index is 1150. The third-order valence-electron chi connectivity index (χ3n) is 6.22. The molecule has 1 aromatic heterocycles. The molecule has 180 valence electrons. The molecule has 1 amide bonds. The SMILES string of the molecule is Cc1c(C(=O)NCc2ccccc2CN2CCN(C)CC2)cnn1-c1cccc(C(F)(F)F)c1. The summed E-state index contributed by atoms with van der Waals surface area (Å²) in [5.74, 6) is -0.315. The summed E-state index contributed by atoms with van der Waals surface area (Å²) >= 11 is 0. The van der Waals surface area contributed by atoms with Crippen LogP contribution in [0.2, 0.25) is 0 Å². The fourth-order valence-electron chi connectivity index (χ4n) is 4.11. The number of nitrogens with zero attached hydrogens (tertiary/aromatic N) is 4. The monoisotopic (exact) mass is 471 g/mol. The quantitative estimate of drug-likeness (QED) is 0.593. The summed E-state index contributed by atoms with van der Waals surface area (Å²) in [4.78, 5) is 17.6. The van der Waals surface area contributed by atoms with Crippen molar-refractivity contribution < 1.29 is 18.0 Å². The molecule has 6 nitrogen and oxygen atoms in total. The highest BCUT2D eigenvalue weighted by Crippen LogP contribution is 2.30. The summed E-state index contributed by atoms with van der Waals surface area (Å²) in [6.07, 6.45) is -3.06. The van der Waals surface area contributed by atoms with E-state index in [2.05, 4.69) is 33.3 Å². The van der Waals surface area contributed by atoms with E-state index < -0.39 is 11.7 Å². The standard InChI is InChI=1S/C25H28F3N5O/c1-18-23(16-30-33(18)22-9-5-8-21(14-22)25(26,27)28)24(34)29-15-19-6-3-4-7-20(19)17-32-12-10-31(2)11-13-32/h3-9,14,16H,10-13,15,17H2,1-2H3,(H,29,34). The lowest BCUT2D eigenvalue weighted by Gasteiger charge is -2.32. The highest BCUT2D eigenvalue weighted by Gasteiger charge is 2.30. The van der Waals surface area contributed by atoms with E-state index in [9.17, 15) is 18.0 Å². The van der Waals surface area contributed by atoms with E-state index in [1.807, 2.05) is 18.2 Å². The van der Waals surface area contributed by atoms with Crippen molar-refractivity contribution in [3.63, 3.8) is 0 Å². The lowest BCUT2D eigenvalue weighted by atomic mass is 10.1. The summed E-state index contributed by atoms with van der Waals surface area (Å²) < 4.78 is 40.6. The fraction of sp³-hybridized carbons (Fsp3) is 0.360. The summed E-state index contributed by atoms with van der Waals surface area (Å²) in [5, 5.41) is 7.11. The maximum atomic E-state index is 13.1. The minimum Gasteiger partial charge on any atom is -0.348 e. The Balaban J connectivity index is 1.45. The Kier molecular flexibility index (Phi) is 7.04. The molecule has 0 atom stereocenters. The van der Waals surface area contributed by atoms with Crippen LogP contribution in [0.15, 0.2) is 54.7 Å². The van der Waals surface area contributed by atoms with Crippen LogP contribution < -0.4 is 5.32 Å². The summed E-state index contributed by atoms with van der Waals surface area (Å²) in [7, 11) is 2.12. The second-order valence-corrected chi connectivity index (χ2v) is 8.63. The van der Waals surface area contributed by atoms with E-state index in [1.165, 1.54) is 28.6 Å². The number of nitrogens with one attached hydrogen (secondary N) is 1. The van der Waals surface area contributed by atoms with Crippen LogP contribution in [0.4, 0.5) is 13.2 Å². The van der Waals surface area contributed by atoms with Gasteiger partial charge in [0.05, 0.1) is 28.7 Å². The van der Waals surface area contributed by atoms with Crippen LogP contribution in [0.3, 0.4) is 0 Å². The van der Waals surface area contributed by atoms with E-state index in [4.69, 9.17) is 0 Å². The number of carbonyl (C=O) groups is 1. The number of halogens is 3. The molecular formula is C25H28F3N5O. The summed E-state index contributed by atoms with van der Waals surface area (Å²) in [5.41, 5.74) is 2.50. The van der Waals surface area contributed by atoms with Gasteiger partial charge in [0.15, 0.2) is 0 Å². The van der Waals surface area contributed by atoms with Gasteiger partial charge in [0.25, 0.3) is 5.91 Å². The second-order valence-electron chi connectivity index (χ2n) is 8.63. The minimum atomic E-state index is -4.45. The van der Waals surface area contributed by atoms with Crippen molar-refractivity contribution in [2.45, 2.75) is 26.2 Å². The van der Waals surface area contributed by atoms with Crippen LogP contribution >= 0.6 is 0 Å². The van der Waals surface area contributed by atoms with Crippen molar-refractivity contribution in [2.75, 3.05) is 33.2 Å². The first-order chi connectivity index (χ1) is 16.2. The molecule has 0 unspecified atom stereocenters. The van der Waals surface area contributed by atoms with Crippen LogP contribution in [0, 0.1) is 6.92 Å². The van der Waals surface area contributed by atoms with Crippen molar-refractivity contribution in [3.05, 3.63) is 82.7 Å². The first kappa shape index (κ1) is 24.0. The largest absolute Gasteiger partial charge is 0.416 e. The zero-order valence-electron chi connectivity index (χ0n) is 19.3. The van der Waals surface area contributed by atoms with Gasteiger partial charge in [-0.2, -0.15) is 18.3 Å². The molecule has 1 fully saturated rings. The number of benzene rings is 2. The molecule has 0 spiro atoms. The van der Waals surface area contributed by atoms with Gasteiger partial charge in [-0.3, -0.25) is 9.69 Å². The van der Waals surface area contributed by atoms with Crippen molar-refractivity contribution in [1.82, 2.24) is 24.9 Å². The molecule has 4 rings (SSSR count). The predicted octanol–water partition coefficient (Wildman–Crippen LogP) is 3.88. The molecule has 2 aromatic carbocycles. The van der Waals surface area contributed by atoms with Crippen LogP contribution in [0.1, 0.15) is 32.7 Å². The van der Waals surface area contributed by atoms with E-state index in [0.29, 0.717) is 17.8 Å². The van der Waals surface area contributed by atoms with Crippen LogP contribution in [-0.4, -0.2) is 58.7 Å². The molecule has 9 heteroatoms. The van der Waals surface area contributed by atoms with E-state index in [0.717, 1.165) is 50.4 Å². The van der Waals surface area contributed by atoms with Gasteiger partial charge in [0, 0.05) is 39.3 Å². The Morgan fingerprint density at radius 2 is 1.74 bits per heavy atom. The molecule has 0 aliphatic carbocycles. The van der Waals surface area contributed by atoms with Gasteiger partial charge in [-0.1, -0.05) is 30.3 Å². The van der Waals surface area contributed by atoms with Crippen LogP contribution in [0.5, 0.6) is 0 Å².